The van der Waals surface area contributed by atoms with E-state index in [0.717, 1.165) is 22.4 Å². The van der Waals surface area contributed by atoms with Crippen LogP contribution in [0.2, 0.25) is 5.02 Å². The number of aromatic nitrogens is 2. The van der Waals surface area contributed by atoms with Gasteiger partial charge in [-0.1, -0.05) is 30.3 Å². The lowest BCUT2D eigenvalue weighted by Crippen LogP contribution is -1.97. The van der Waals surface area contributed by atoms with E-state index in [2.05, 4.69) is 16.8 Å². The average Bonchev–Trinajstić information content (AvgIpc) is 2.95. The molecule has 1 heterocycles. The third-order valence-corrected chi connectivity index (χ3v) is 4.04. The quantitative estimate of drug-likeness (QED) is 0.606. The smallest absolute Gasteiger partial charge is 0.128 e. The highest BCUT2D eigenvalue weighted by molar-refractivity contribution is 6.30. The summed E-state index contributed by atoms with van der Waals surface area (Å²) in [6.07, 6.45) is 0. The summed E-state index contributed by atoms with van der Waals surface area (Å²) in [4.78, 5) is 0. The van der Waals surface area contributed by atoms with Crippen molar-refractivity contribution in [3.8, 4) is 33.9 Å². The molecule has 4 nitrogen and oxygen atoms in total. The van der Waals surface area contributed by atoms with E-state index in [1.807, 2.05) is 44.2 Å². The Labute approximate surface area is 151 Å². The van der Waals surface area contributed by atoms with Crippen LogP contribution in [-0.2, 0) is 0 Å². The molecule has 5 heteroatoms. The number of nitrogens with zero attached hydrogens (tertiary/aromatic N) is 1. The first-order valence-electron chi connectivity index (χ1n) is 7.87. The lowest BCUT2D eigenvalue weighted by Gasteiger charge is -2.10. The van der Waals surface area contributed by atoms with E-state index in [0.29, 0.717) is 28.6 Å². The van der Waals surface area contributed by atoms with Crippen LogP contribution >= 0.6 is 11.6 Å². The van der Waals surface area contributed by atoms with Gasteiger partial charge in [0.25, 0.3) is 0 Å². The van der Waals surface area contributed by atoms with Crippen LogP contribution in [0.3, 0.4) is 0 Å². The van der Waals surface area contributed by atoms with E-state index in [1.54, 1.807) is 12.1 Å². The Kier molecular flexibility index (Phi) is 4.81. The van der Waals surface area contributed by atoms with E-state index in [-0.39, 0.29) is 5.75 Å². The van der Waals surface area contributed by atoms with Crippen LogP contribution < -0.4 is 4.74 Å². The van der Waals surface area contributed by atoms with E-state index in [4.69, 9.17) is 16.3 Å². The highest BCUT2D eigenvalue weighted by Gasteiger charge is 2.17. The third-order valence-electron chi connectivity index (χ3n) is 3.79. The minimum absolute atomic E-state index is 0.112. The van der Waals surface area contributed by atoms with Crippen molar-refractivity contribution in [3.05, 3.63) is 65.3 Å². The number of aromatic hydroxyl groups is 1. The number of hydrogen-bond donors (Lipinski definition) is 2. The number of benzene rings is 2. The van der Waals surface area contributed by atoms with Crippen molar-refractivity contribution in [1.82, 2.24) is 10.2 Å². The van der Waals surface area contributed by atoms with Crippen molar-refractivity contribution < 1.29 is 9.84 Å². The molecule has 2 aromatic carbocycles. The molecule has 3 aromatic rings. The largest absolute Gasteiger partial charge is 0.507 e. The highest BCUT2D eigenvalue weighted by atomic mass is 35.5. The fourth-order valence-corrected chi connectivity index (χ4v) is 2.73. The second-order valence-corrected chi connectivity index (χ2v) is 6.44. The normalized spacial score (nSPS) is 10.7. The van der Waals surface area contributed by atoms with Crippen molar-refractivity contribution in [2.45, 2.75) is 13.8 Å². The summed E-state index contributed by atoms with van der Waals surface area (Å²) in [5, 5.41) is 18.5. The summed E-state index contributed by atoms with van der Waals surface area (Å²) in [7, 11) is 0. The Morgan fingerprint density at radius 2 is 1.96 bits per heavy atom. The maximum absolute atomic E-state index is 10.5. The van der Waals surface area contributed by atoms with Crippen LogP contribution in [0.4, 0.5) is 0 Å². The lowest BCUT2D eigenvalue weighted by molar-refractivity contribution is 0.350. The molecule has 0 spiro atoms. The van der Waals surface area contributed by atoms with Gasteiger partial charge < -0.3 is 9.84 Å². The number of nitrogens with one attached hydrogen (secondary N) is 1. The molecule has 0 aliphatic carbocycles. The molecule has 0 radical (unpaired) electrons. The number of hydrogen-bond acceptors (Lipinski definition) is 3. The zero-order valence-electron chi connectivity index (χ0n) is 14.1. The van der Waals surface area contributed by atoms with Crippen LogP contribution in [0.1, 0.15) is 12.6 Å². The van der Waals surface area contributed by atoms with E-state index in [1.165, 1.54) is 0 Å². The molecule has 0 aliphatic rings. The first kappa shape index (κ1) is 17.1. The summed E-state index contributed by atoms with van der Waals surface area (Å²) in [6, 6.07) is 12.7. The van der Waals surface area contributed by atoms with Gasteiger partial charge in [-0.05, 0) is 49.2 Å². The molecule has 0 amide bonds. The van der Waals surface area contributed by atoms with E-state index < -0.39 is 0 Å². The van der Waals surface area contributed by atoms with Gasteiger partial charge in [-0.2, -0.15) is 5.10 Å². The Bertz CT molecular complexity index is 914. The predicted molar refractivity (Wildman–Crippen MR) is 101 cm³/mol. The summed E-state index contributed by atoms with van der Waals surface area (Å²) in [6.45, 7) is 8.05. The van der Waals surface area contributed by atoms with Crippen molar-refractivity contribution in [3.63, 3.8) is 0 Å². The number of phenols is 1. The van der Waals surface area contributed by atoms with Gasteiger partial charge >= 0.3 is 0 Å². The minimum atomic E-state index is 0.112. The average molecular weight is 355 g/mol. The summed E-state index contributed by atoms with van der Waals surface area (Å²) >= 11 is 5.98. The summed E-state index contributed by atoms with van der Waals surface area (Å²) < 4.78 is 5.57. The summed E-state index contributed by atoms with van der Waals surface area (Å²) in [5.41, 5.74) is 5.06. The Morgan fingerprint density at radius 1 is 1.24 bits per heavy atom. The van der Waals surface area contributed by atoms with Crippen LogP contribution in [0.5, 0.6) is 11.5 Å². The van der Waals surface area contributed by atoms with Gasteiger partial charge in [-0.25, -0.2) is 0 Å². The van der Waals surface area contributed by atoms with Crippen molar-refractivity contribution in [1.29, 1.82) is 0 Å². The predicted octanol–water partition coefficient (Wildman–Crippen LogP) is 5.37. The summed E-state index contributed by atoms with van der Waals surface area (Å²) in [5.74, 6) is 0.700. The van der Waals surface area contributed by atoms with E-state index >= 15 is 0 Å². The van der Waals surface area contributed by atoms with Crippen LogP contribution in [0.25, 0.3) is 22.4 Å². The molecular formula is C20H19ClN2O2. The molecule has 0 saturated heterocycles. The molecule has 0 fully saturated rings. The maximum atomic E-state index is 10.5. The molecule has 0 aliphatic heterocycles. The topological polar surface area (TPSA) is 58.1 Å². The first-order valence-corrected chi connectivity index (χ1v) is 8.25. The van der Waals surface area contributed by atoms with E-state index in [9.17, 15) is 5.11 Å². The number of halogens is 1. The van der Waals surface area contributed by atoms with Crippen LogP contribution in [0, 0.1) is 6.92 Å². The molecule has 0 unspecified atom stereocenters. The monoisotopic (exact) mass is 354 g/mol. The fraction of sp³-hybridized carbons (Fsp3) is 0.150. The molecular weight excluding hydrogens is 336 g/mol. The second-order valence-electron chi connectivity index (χ2n) is 6.00. The standard InChI is InChI=1S/C20H19ClN2O2/c1-12(2)11-25-16-8-9-17(18(24)10-16)20-19(13(3)22-23-20)14-4-6-15(21)7-5-14/h4-10,24H,1,11H2,2-3H3,(H,22,23). The van der Waals surface area contributed by atoms with Gasteiger partial charge in [0, 0.05) is 27.9 Å². The molecule has 0 bridgehead atoms. The zero-order valence-corrected chi connectivity index (χ0v) is 14.9. The number of rotatable bonds is 5. The van der Waals surface area contributed by atoms with Crippen molar-refractivity contribution in [2.75, 3.05) is 6.61 Å². The van der Waals surface area contributed by atoms with Gasteiger partial charge in [-0.3, -0.25) is 5.10 Å². The number of H-pyrrole nitrogens is 1. The first-order chi connectivity index (χ1) is 12.0. The van der Waals surface area contributed by atoms with Crippen molar-refractivity contribution in [2.24, 2.45) is 0 Å². The third kappa shape index (κ3) is 3.69. The van der Waals surface area contributed by atoms with Gasteiger partial charge in [0.05, 0.1) is 0 Å². The minimum Gasteiger partial charge on any atom is -0.507 e. The van der Waals surface area contributed by atoms with Crippen molar-refractivity contribution >= 4 is 11.6 Å². The van der Waals surface area contributed by atoms with Gasteiger partial charge in [0.1, 0.15) is 23.8 Å². The number of ether oxygens (including phenoxy) is 1. The molecule has 25 heavy (non-hydrogen) atoms. The second kappa shape index (κ2) is 7.03. The van der Waals surface area contributed by atoms with Crippen LogP contribution in [-0.4, -0.2) is 21.9 Å². The maximum Gasteiger partial charge on any atom is 0.128 e. The van der Waals surface area contributed by atoms with Crippen LogP contribution in [0.15, 0.2) is 54.6 Å². The molecule has 128 valence electrons. The number of aromatic amines is 1. The van der Waals surface area contributed by atoms with Gasteiger partial charge in [-0.15, -0.1) is 0 Å². The fourth-order valence-electron chi connectivity index (χ4n) is 2.60. The molecule has 2 N–H and O–H groups in total. The Hall–Kier alpha value is -2.72. The number of aryl methyl sites for hydroxylation is 1. The lowest BCUT2D eigenvalue weighted by atomic mass is 9.99. The van der Waals surface area contributed by atoms with Gasteiger partial charge in [0.15, 0.2) is 0 Å². The number of phenolic OH excluding ortho intramolecular Hbond substituents is 1. The highest BCUT2D eigenvalue weighted by Crippen LogP contribution is 2.38. The SMILES string of the molecule is C=C(C)COc1ccc(-c2n[nH]c(C)c2-c2ccc(Cl)cc2)c(O)c1. The Morgan fingerprint density at radius 3 is 2.60 bits per heavy atom. The zero-order chi connectivity index (χ0) is 18.0. The van der Waals surface area contributed by atoms with Gasteiger partial charge in [0.2, 0.25) is 0 Å². The Balaban J connectivity index is 2.00. The molecule has 0 atom stereocenters. The molecule has 3 rings (SSSR count). The molecule has 0 saturated carbocycles. The molecule has 1 aromatic heterocycles.